The Morgan fingerprint density at radius 2 is 1.84 bits per heavy atom. The van der Waals surface area contributed by atoms with Crippen LogP contribution in [0, 0.1) is 5.82 Å². The third kappa shape index (κ3) is 6.38. The van der Waals surface area contributed by atoms with E-state index in [0.29, 0.717) is 37.9 Å². The maximum absolute atomic E-state index is 13.4. The molecule has 6 nitrogen and oxygen atoms in total. The van der Waals surface area contributed by atoms with Gasteiger partial charge in [0.2, 0.25) is 5.88 Å². The molecule has 1 N–H and O–H groups in total. The average molecular weight is 442 g/mol. The summed E-state index contributed by atoms with van der Waals surface area (Å²) in [5.74, 6) is 0.802. The fraction of sp³-hybridized carbons (Fsp3) is 0.400. The Balaban J connectivity index is 1.98. The van der Waals surface area contributed by atoms with Crippen LogP contribution < -0.4 is 4.74 Å². The Morgan fingerprint density at radius 1 is 1.12 bits per heavy atom. The van der Waals surface area contributed by atoms with Crippen molar-refractivity contribution in [3.8, 4) is 22.9 Å². The van der Waals surface area contributed by atoms with E-state index in [0.717, 1.165) is 29.7 Å². The van der Waals surface area contributed by atoms with Crippen molar-refractivity contribution in [3.05, 3.63) is 66.0 Å². The normalized spacial score (nSPS) is 12.3. The maximum atomic E-state index is 13.4. The van der Waals surface area contributed by atoms with Crippen molar-refractivity contribution in [1.29, 1.82) is 0 Å². The van der Waals surface area contributed by atoms with E-state index in [9.17, 15) is 9.50 Å². The molecule has 0 fully saturated rings. The first kappa shape index (κ1) is 23.9. The van der Waals surface area contributed by atoms with Crippen molar-refractivity contribution in [2.24, 2.45) is 7.05 Å². The highest BCUT2D eigenvalue weighted by atomic mass is 19.1. The number of methoxy groups -OCH3 is 1. The fourth-order valence-electron chi connectivity index (χ4n) is 3.67. The van der Waals surface area contributed by atoms with Crippen molar-refractivity contribution < 1.29 is 19.0 Å². The molecule has 0 spiro atoms. The number of ether oxygens (including phenoxy) is 2. The predicted molar refractivity (Wildman–Crippen MR) is 123 cm³/mol. The van der Waals surface area contributed by atoms with Gasteiger partial charge in [-0.05, 0) is 30.7 Å². The largest absolute Gasteiger partial charge is 0.439 e. The molecule has 1 unspecified atom stereocenters. The van der Waals surface area contributed by atoms with Gasteiger partial charge >= 0.3 is 0 Å². The van der Waals surface area contributed by atoms with Crippen LogP contribution >= 0.6 is 0 Å². The minimum Gasteiger partial charge on any atom is -0.439 e. The molecule has 1 heterocycles. The van der Waals surface area contributed by atoms with E-state index >= 15 is 0 Å². The van der Waals surface area contributed by atoms with E-state index in [1.807, 2.05) is 37.4 Å². The summed E-state index contributed by atoms with van der Waals surface area (Å²) in [4.78, 5) is 2.16. The maximum Gasteiger partial charge on any atom is 0.222 e. The van der Waals surface area contributed by atoms with Crippen molar-refractivity contribution in [3.63, 3.8) is 0 Å². The molecule has 0 bridgehead atoms. The van der Waals surface area contributed by atoms with Gasteiger partial charge < -0.3 is 14.6 Å². The average Bonchev–Trinajstić information content (AvgIpc) is 3.09. The smallest absolute Gasteiger partial charge is 0.222 e. The minimum atomic E-state index is -0.421. The number of aromatic nitrogens is 2. The molecule has 1 aromatic heterocycles. The summed E-state index contributed by atoms with van der Waals surface area (Å²) < 4.78 is 26.5. The zero-order valence-corrected chi connectivity index (χ0v) is 19.0. The van der Waals surface area contributed by atoms with Gasteiger partial charge in [-0.3, -0.25) is 4.90 Å². The van der Waals surface area contributed by atoms with Gasteiger partial charge in [-0.1, -0.05) is 43.7 Å². The molecule has 0 aliphatic heterocycles. The summed E-state index contributed by atoms with van der Waals surface area (Å²) in [6.45, 7) is 4.32. The van der Waals surface area contributed by atoms with E-state index in [1.165, 1.54) is 12.1 Å². The summed E-state index contributed by atoms with van der Waals surface area (Å²) in [5, 5.41) is 15.2. The van der Waals surface area contributed by atoms with Gasteiger partial charge in [0.15, 0.2) is 0 Å². The zero-order chi connectivity index (χ0) is 22.9. The molecule has 0 aliphatic rings. The molecule has 172 valence electrons. The minimum absolute atomic E-state index is 0.316. The van der Waals surface area contributed by atoms with Crippen molar-refractivity contribution in [2.45, 2.75) is 32.4 Å². The lowest BCUT2D eigenvalue weighted by atomic mass is 10.1. The second kappa shape index (κ2) is 11.8. The standard InChI is InChI=1S/C25H32FN3O3/c1-4-8-21(30)17-29(15-16-31-3)18-23-24(19-9-6-5-7-10-19)27-28(2)25(23)32-22-13-11-20(26)12-14-22/h5-7,9-14,21,30H,4,8,15-18H2,1-3H3. The van der Waals surface area contributed by atoms with E-state index in [2.05, 4.69) is 11.8 Å². The number of aliphatic hydroxyl groups excluding tert-OH is 1. The van der Waals surface area contributed by atoms with E-state index in [4.69, 9.17) is 14.6 Å². The lowest BCUT2D eigenvalue weighted by Crippen LogP contribution is -2.34. The molecular formula is C25H32FN3O3. The number of hydrogen-bond acceptors (Lipinski definition) is 5. The summed E-state index contributed by atoms with van der Waals surface area (Å²) in [5.41, 5.74) is 2.70. The number of aryl methyl sites for hydroxylation is 1. The summed E-state index contributed by atoms with van der Waals surface area (Å²) in [7, 11) is 3.50. The van der Waals surface area contributed by atoms with E-state index in [-0.39, 0.29) is 5.82 Å². The Morgan fingerprint density at radius 3 is 2.50 bits per heavy atom. The lowest BCUT2D eigenvalue weighted by Gasteiger charge is -2.25. The monoisotopic (exact) mass is 441 g/mol. The van der Waals surface area contributed by atoms with E-state index in [1.54, 1.807) is 23.9 Å². The molecule has 32 heavy (non-hydrogen) atoms. The van der Waals surface area contributed by atoms with Crippen LogP contribution in [0.1, 0.15) is 25.3 Å². The second-order valence-electron chi connectivity index (χ2n) is 7.85. The number of aliphatic hydroxyl groups is 1. The molecule has 0 aliphatic carbocycles. The van der Waals surface area contributed by atoms with E-state index < -0.39 is 6.10 Å². The van der Waals surface area contributed by atoms with Gasteiger partial charge in [0.05, 0.1) is 18.3 Å². The van der Waals surface area contributed by atoms with Crippen molar-refractivity contribution >= 4 is 0 Å². The van der Waals surface area contributed by atoms with Crippen molar-refractivity contribution in [1.82, 2.24) is 14.7 Å². The van der Waals surface area contributed by atoms with Gasteiger partial charge in [0, 0.05) is 39.4 Å². The van der Waals surface area contributed by atoms with Crippen molar-refractivity contribution in [2.75, 3.05) is 26.8 Å². The number of rotatable bonds is 12. The second-order valence-corrected chi connectivity index (χ2v) is 7.85. The predicted octanol–water partition coefficient (Wildman–Crippen LogP) is 4.63. The topological polar surface area (TPSA) is 59.8 Å². The molecular weight excluding hydrogens is 409 g/mol. The lowest BCUT2D eigenvalue weighted by molar-refractivity contribution is 0.0797. The zero-order valence-electron chi connectivity index (χ0n) is 19.0. The van der Waals surface area contributed by atoms with Crippen LogP contribution in [0.2, 0.25) is 0 Å². The van der Waals surface area contributed by atoms with Crippen LogP contribution in [0.4, 0.5) is 4.39 Å². The fourth-order valence-corrected chi connectivity index (χ4v) is 3.67. The Labute approximate surface area is 189 Å². The molecule has 0 saturated heterocycles. The highest BCUT2D eigenvalue weighted by molar-refractivity contribution is 5.65. The Hall–Kier alpha value is -2.74. The summed E-state index contributed by atoms with van der Waals surface area (Å²) in [6.07, 6.45) is 1.23. The van der Waals surface area contributed by atoms with Crippen LogP contribution in [0.5, 0.6) is 11.6 Å². The van der Waals surface area contributed by atoms with Gasteiger partial charge in [0.25, 0.3) is 0 Å². The molecule has 3 aromatic rings. The first-order valence-electron chi connectivity index (χ1n) is 11.0. The number of benzene rings is 2. The van der Waals surface area contributed by atoms with Gasteiger partial charge in [-0.2, -0.15) is 5.10 Å². The van der Waals surface area contributed by atoms with Crippen LogP contribution in [-0.2, 0) is 18.3 Å². The molecule has 2 aromatic carbocycles. The Kier molecular flexibility index (Phi) is 8.79. The molecule has 1 atom stereocenters. The van der Waals surface area contributed by atoms with Crippen LogP contribution in [0.15, 0.2) is 54.6 Å². The first-order chi connectivity index (χ1) is 15.5. The van der Waals surface area contributed by atoms with Gasteiger partial charge in [0.1, 0.15) is 17.3 Å². The number of halogens is 1. The quantitative estimate of drug-likeness (QED) is 0.444. The highest BCUT2D eigenvalue weighted by Gasteiger charge is 2.23. The number of hydrogen-bond donors (Lipinski definition) is 1. The van der Waals surface area contributed by atoms with Crippen LogP contribution in [0.3, 0.4) is 0 Å². The first-order valence-corrected chi connectivity index (χ1v) is 11.0. The van der Waals surface area contributed by atoms with Gasteiger partial charge in [-0.25, -0.2) is 9.07 Å². The van der Waals surface area contributed by atoms with Gasteiger partial charge in [-0.15, -0.1) is 0 Å². The third-order valence-corrected chi connectivity index (χ3v) is 5.25. The summed E-state index contributed by atoms with van der Waals surface area (Å²) >= 11 is 0. The molecule has 0 radical (unpaired) electrons. The third-order valence-electron chi connectivity index (χ3n) is 5.25. The molecule has 7 heteroatoms. The van der Waals surface area contributed by atoms with Crippen LogP contribution in [0.25, 0.3) is 11.3 Å². The molecule has 0 amide bonds. The number of nitrogens with zero attached hydrogens (tertiary/aromatic N) is 3. The van der Waals surface area contributed by atoms with Crippen LogP contribution in [-0.4, -0.2) is 52.7 Å². The highest BCUT2D eigenvalue weighted by Crippen LogP contribution is 2.34. The molecule has 0 saturated carbocycles. The Bertz CT molecular complexity index is 961. The molecule has 3 rings (SSSR count). The SMILES string of the molecule is CCCC(O)CN(CCOC)Cc1c(-c2ccccc2)nn(C)c1Oc1ccc(F)cc1. The summed E-state index contributed by atoms with van der Waals surface area (Å²) in [6, 6.07) is 15.9.